The van der Waals surface area contributed by atoms with Crippen LogP contribution in [0.4, 0.5) is 0 Å². The lowest BCUT2D eigenvalue weighted by Gasteiger charge is -2.36. The summed E-state index contributed by atoms with van der Waals surface area (Å²) in [7, 11) is 3.74. The SMILES string of the molecule is CNC(Cc1cc(Cl)ccc1OC)C1Cc2ccccc21. The van der Waals surface area contributed by atoms with Crippen molar-refractivity contribution < 1.29 is 4.74 Å². The van der Waals surface area contributed by atoms with E-state index in [-0.39, 0.29) is 0 Å². The van der Waals surface area contributed by atoms with Gasteiger partial charge in [-0.05, 0) is 54.8 Å². The summed E-state index contributed by atoms with van der Waals surface area (Å²) in [6.45, 7) is 0. The van der Waals surface area contributed by atoms with E-state index in [4.69, 9.17) is 16.3 Å². The van der Waals surface area contributed by atoms with Crippen LogP contribution in [-0.4, -0.2) is 20.2 Å². The Balaban J connectivity index is 1.82. The Morgan fingerprint density at radius 2 is 2.10 bits per heavy atom. The summed E-state index contributed by atoms with van der Waals surface area (Å²) in [6.07, 6.45) is 2.06. The van der Waals surface area contributed by atoms with Gasteiger partial charge in [0.05, 0.1) is 7.11 Å². The Bertz CT molecular complexity index is 641. The largest absolute Gasteiger partial charge is 0.496 e. The minimum Gasteiger partial charge on any atom is -0.496 e. The van der Waals surface area contributed by atoms with Gasteiger partial charge in [0, 0.05) is 17.0 Å². The number of ether oxygens (including phenoxy) is 1. The van der Waals surface area contributed by atoms with E-state index < -0.39 is 0 Å². The topological polar surface area (TPSA) is 21.3 Å². The maximum Gasteiger partial charge on any atom is 0.122 e. The number of halogens is 1. The van der Waals surface area contributed by atoms with Crippen molar-refractivity contribution in [1.82, 2.24) is 5.32 Å². The molecule has 3 rings (SSSR count). The number of hydrogen-bond acceptors (Lipinski definition) is 2. The van der Waals surface area contributed by atoms with Crippen LogP contribution in [0.2, 0.25) is 5.02 Å². The molecule has 0 aliphatic heterocycles. The number of fused-ring (bicyclic) bond motifs is 1. The Kier molecular flexibility index (Phi) is 4.18. The first-order valence-electron chi connectivity index (χ1n) is 7.30. The zero-order valence-electron chi connectivity index (χ0n) is 12.4. The molecule has 1 aliphatic carbocycles. The molecule has 0 bridgehead atoms. The molecule has 0 spiro atoms. The van der Waals surface area contributed by atoms with E-state index in [2.05, 4.69) is 29.6 Å². The molecule has 2 nitrogen and oxygen atoms in total. The summed E-state index contributed by atoms with van der Waals surface area (Å²) in [5.41, 5.74) is 4.10. The molecular weight excluding hydrogens is 282 g/mol. The van der Waals surface area contributed by atoms with Gasteiger partial charge in [0.25, 0.3) is 0 Å². The number of nitrogens with one attached hydrogen (secondary N) is 1. The van der Waals surface area contributed by atoms with Crippen molar-refractivity contribution >= 4 is 11.6 Å². The van der Waals surface area contributed by atoms with E-state index in [1.54, 1.807) is 7.11 Å². The van der Waals surface area contributed by atoms with Crippen molar-refractivity contribution in [3.8, 4) is 5.75 Å². The average Bonchev–Trinajstić information content (AvgIpc) is 2.47. The van der Waals surface area contributed by atoms with Crippen LogP contribution in [0.3, 0.4) is 0 Å². The summed E-state index contributed by atoms with van der Waals surface area (Å²) in [6, 6.07) is 14.9. The highest BCUT2D eigenvalue weighted by molar-refractivity contribution is 6.30. The zero-order chi connectivity index (χ0) is 14.8. The number of likely N-dealkylation sites (N-methyl/N-ethyl adjacent to an activating group) is 1. The van der Waals surface area contributed by atoms with Gasteiger partial charge in [0.1, 0.15) is 5.75 Å². The van der Waals surface area contributed by atoms with Crippen LogP contribution in [0, 0.1) is 0 Å². The van der Waals surface area contributed by atoms with Crippen LogP contribution in [0.5, 0.6) is 5.75 Å². The molecule has 0 saturated heterocycles. The zero-order valence-corrected chi connectivity index (χ0v) is 13.2. The van der Waals surface area contributed by atoms with E-state index in [9.17, 15) is 0 Å². The fourth-order valence-corrected chi connectivity index (χ4v) is 3.44. The molecule has 1 N–H and O–H groups in total. The van der Waals surface area contributed by atoms with E-state index in [0.717, 1.165) is 29.2 Å². The third kappa shape index (κ3) is 2.78. The number of methoxy groups -OCH3 is 1. The lowest BCUT2D eigenvalue weighted by molar-refractivity contribution is 0.391. The summed E-state index contributed by atoms with van der Waals surface area (Å²) >= 11 is 6.13. The van der Waals surface area contributed by atoms with Crippen molar-refractivity contribution in [2.24, 2.45) is 0 Å². The fourth-order valence-electron chi connectivity index (χ4n) is 3.25. The summed E-state index contributed by atoms with van der Waals surface area (Å²) < 4.78 is 5.46. The second kappa shape index (κ2) is 6.08. The maximum absolute atomic E-state index is 6.13. The molecular formula is C18H20ClNO. The van der Waals surface area contributed by atoms with E-state index in [1.807, 2.05) is 25.2 Å². The van der Waals surface area contributed by atoms with Gasteiger partial charge in [-0.3, -0.25) is 0 Å². The first kappa shape index (κ1) is 14.4. The summed E-state index contributed by atoms with van der Waals surface area (Å²) in [5, 5.41) is 4.22. The second-order valence-corrected chi connectivity index (χ2v) is 6.00. The van der Waals surface area contributed by atoms with Gasteiger partial charge >= 0.3 is 0 Å². The van der Waals surface area contributed by atoms with Crippen molar-refractivity contribution in [2.75, 3.05) is 14.2 Å². The second-order valence-electron chi connectivity index (χ2n) is 5.56. The van der Waals surface area contributed by atoms with Gasteiger partial charge in [0.15, 0.2) is 0 Å². The smallest absolute Gasteiger partial charge is 0.122 e. The molecule has 2 unspecified atom stereocenters. The van der Waals surface area contributed by atoms with Crippen LogP contribution in [0.25, 0.3) is 0 Å². The first-order valence-corrected chi connectivity index (χ1v) is 7.68. The molecule has 0 heterocycles. The molecule has 21 heavy (non-hydrogen) atoms. The van der Waals surface area contributed by atoms with Crippen molar-refractivity contribution in [1.29, 1.82) is 0 Å². The normalized spacial score (nSPS) is 17.8. The van der Waals surface area contributed by atoms with Crippen molar-refractivity contribution in [3.05, 3.63) is 64.2 Å². The lowest BCUT2D eigenvalue weighted by atomic mass is 9.72. The van der Waals surface area contributed by atoms with Crippen molar-refractivity contribution in [3.63, 3.8) is 0 Å². The van der Waals surface area contributed by atoms with E-state index in [0.29, 0.717) is 12.0 Å². The molecule has 2 aromatic rings. The quantitative estimate of drug-likeness (QED) is 0.906. The van der Waals surface area contributed by atoms with Gasteiger partial charge < -0.3 is 10.1 Å². The van der Waals surface area contributed by atoms with Gasteiger partial charge in [-0.15, -0.1) is 0 Å². The molecule has 2 atom stereocenters. The number of benzene rings is 2. The fraction of sp³-hybridized carbons (Fsp3) is 0.333. The lowest BCUT2D eigenvalue weighted by Crippen LogP contribution is -2.39. The van der Waals surface area contributed by atoms with Gasteiger partial charge in [-0.1, -0.05) is 35.9 Å². The third-order valence-corrected chi connectivity index (χ3v) is 4.67. The van der Waals surface area contributed by atoms with E-state index >= 15 is 0 Å². The predicted molar refractivity (Wildman–Crippen MR) is 87.4 cm³/mol. The summed E-state index contributed by atoms with van der Waals surface area (Å²) in [4.78, 5) is 0. The van der Waals surface area contributed by atoms with Crippen LogP contribution in [0.1, 0.15) is 22.6 Å². The molecule has 0 aromatic heterocycles. The number of rotatable bonds is 5. The Hall–Kier alpha value is -1.51. The highest BCUT2D eigenvalue weighted by Gasteiger charge is 2.32. The molecule has 110 valence electrons. The van der Waals surface area contributed by atoms with Gasteiger partial charge in [0.2, 0.25) is 0 Å². The van der Waals surface area contributed by atoms with Gasteiger partial charge in [-0.2, -0.15) is 0 Å². The molecule has 0 amide bonds. The molecule has 0 saturated carbocycles. The van der Waals surface area contributed by atoms with Crippen LogP contribution in [-0.2, 0) is 12.8 Å². The predicted octanol–water partition coefficient (Wildman–Crippen LogP) is 3.82. The van der Waals surface area contributed by atoms with Gasteiger partial charge in [-0.25, -0.2) is 0 Å². The standard InChI is InChI=1S/C18H20ClNO/c1-20-17(16-10-12-5-3-4-6-15(12)16)11-13-9-14(19)7-8-18(13)21-2/h3-9,16-17,20H,10-11H2,1-2H3. The minimum atomic E-state index is 0.396. The number of hydrogen-bond donors (Lipinski definition) is 1. The highest BCUT2D eigenvalue weighted by atomic mass is 35.5. The summed E-state index contributed by atoms with van der Waals surface area (Å²) in [5.74, 6) is 1.47. The molecule has 1 aliphatic rings. The van der Waals surface area contributed by atoms with Crippen LogP contribution >= 0.6 is 11.6 Å². The molecule has 0 radical (unpaired) electrons. The maximum atomic E-state index is 6.13. The Morgan fingerprint density at radius 1 is 1.29 bits per heavy atom. The van der Waals surface area contributed by atoms with Crippen LogP contribution < -0.4 is 10.1 Å². The average molecular weight is 302 g/mol. The van der Waals surface area contributed by atoms with E-state index in [1.165, 1.54) is 11.1 Å². The molecule has 3 heteroatoms. The minimum absolute atomic E-state index is 0.396. The highest BCUT2D eigenvalue weighted by Crippen LogP contribution is 2.39. The van der Waals surface area contributed by atoms with Crippen LogP contribution in [0.15, 0.2) is 42.5 Å². The monoisotopic (exact) mass is 301 g/mol. The molecule has 2 aromatic carbocycles. The Labute approximate surface area is 131 Å². The molecule has 0 fully saturated rings. The van der Waals surface area contributed by atoms with Crippen molar-refractivity contribution in [2.45, 2.75) is 24.8 Å². The Morgan fingerprint density at radius 3 is 2.81 bits per heavy atom. The third-order valence-electron chi connectivity index (χ3n) is 4.43. The first-order chi connectivity index (χ1) is 10.2.